The van der Waals surface area contributed by atoms with Crippen molar-refractivity contribution >= 4 is 28.5 Å². The molecule has 1 aromatic carbocycles. The Bertz CT molecular complexity index is 690. The maximum absolute atomic E-state index is 5.58. The van der Waals surface area contributed by atoms with Gasteiger partial charge in [0.05, 0.1) is 5.52 Å². The molecule has 2 N–H and O–H groups in total. The topological polar surface area (TPSA) is 51.8 Å². The highest BCUT2D eigenvalue weighted by atomic mass is 32.2. The van der Waals surface area contributed by atoms with E-state index in [2.05, 4.69) is 22.1 Å². The van der Waals surface area contributed by atoms with Crippen molar-refractivity contribution in [2.45, 2.75) is 10.6 Å². The van der Waals surface area contributed by atoms with Crippen LogP contribution in [0.4, 0.5) is 5.82 Å². The number of nitrogen functional groups attached to an aromatic ring is 1. The van der Waals surface area contributed by atoms with Crippen molar-refractivity contribution in [3.63, 3.8) is 0 Å². The van der Waals surface area contributed by atoms with E-state index in [0.29, 0.717) is 5.82 Å². The number of fused-ring (bicyclic) bond motifs is 1. The van der Waals surface area contributed by atoms with Crippen LogP contribution in [0, 0.1) is 0 Å². The summed E-state index contributed by atoms with van der Waals surface area (Å²) in [7, 11) is 0. The Morgan fingerprint density at radius 1 is 1.00 bits per heavy atom. The van der Waals surface area contributed by atoms with Gasteiger partial charge in [-0.1, -0.05) is 18.2 Å². The number of benzene rings is 1. The van der Waals surface area contributed by atoms with Gasteiger partial charge in [-0.25, -0.2) is 4.98 Å². The van der Waals surface area contributed by atoms with E-state index in [0.717, 1.165) is 16.2 Å². The summed E-state index contributed by atoms with van der Waals surface area (Å²) in [5.41, 5.74) is 7.90. The molecule has 0 aliphatic carbocycles. The van der Waals surface area contributed by atoms with Gasteiger partial charge in [-0.05, 0) is 29.8 Å². The molecule has 4 heteroatoms. The minimum atomic E-state index is 0.554. The first kappa shape index (κ1) is 12.0. The zero-order valence-electron chi connectivity index (χ0n) is 10.3. The molecule has 3 rings (SSSR count). The molecule has 3 aromatic rings. The third-order valence-electron chi connectivity index (χ3n) is 2.89. The molecule has 0 spiro atoms. The molecule has 19 heavy (non-hydrogen) atoms. The molecule has 2 heterocycles. The summed E-state index contributed by atoms with van der Waals surface area (Å²) in [6.07, 6.45) is 3.67. The molecule has 0 radical (unpaired) electrons. The standard InChI is InChI=1S/C15H13N3S/c16-15-6-5-12(9-18-15)19-10-11-7-8-17-14-4-2-1-3-13(11)14/h1-9H,10H2,(H2,16,18). The lowest BCUT2D eigenvalue weighted by Gasteiger charge is -2.05. The molecule has 0 atom stereocenters. The Morgan fingerprint density at radius 3 is 2.74 bits per heavy atom. The quantitative estimate of drug-likeness (QED) is 0.738. The Morgan fingerprint density at radius 2 is 1.89 bits per heavy atom. The van der Waals surface area contributed by atoms with Crippen LogP contribution in [0.1, 0.15) is 5.56 Å². The Kier molecular flexibility index (Phi) is 3.33. The van der Waals surface area contributed by atoms with E-state index in [9.17, 15) is 0 Å². The molecule has 0 saturated carbocycles. The Labute approximate surface area is 115 Å². The predicted octanol–water partition coefficient (Wildman–Crippen LogP) is 3.50. The monoisotopic (exact) mass is 267 g/mol. The minimum Gasteiger partial charge on any atom is -0.384 e. The molecule has 0 saturated heterocycles. The number of anilines is 1. The van der Waals surface area contributed by atoms with Gasteiger partial charge in [-0.2, -0.15) is 0 Å². The number of nitrogens with zero attached hydrogens (tertiary/aromatic N) is 2. The molecule has 0 bridgehead atoms. The lowest BCUT2D eigenvalue weighted by Crippen LogP contribution is -1.89. The van der Waals surface area contributed by atoms with Gasteiger partial charge in [0.2, 0.25) is 0 Å². The van der Waals surface area contributed by atoms with Gasteiger partial charge in [-0.3, -0.25) is 4.98 Å². The maximum atomic E-state index is 5.58. The molecule has 0 fully saturated rings. The van der Waals surface area contributed by atoms with Crippen LogP contribution < -0.4 is 5.73 Å². The van der Waals surface area contributed by atoms with Gasteiger partial charge in [-0.15, -0.1) is 11.8 Å². The van der Waals surface area contributed by atoms with Gasteiger partial charge in [0.25, 0.3) is 0 Å². The maximum Gasteiger partial charge on any atom is 0.123 e. The van der Waals surface area contributed by atoms with E-state index in [-0.39, 0.29) is 0 Å². The highest BCUT2D eigenvalue weighted by Crippen LogP contribution is 2.26. The van der Waals surface area contributed by atoms with Crippen molar-refractivity contribution in [2.75, 3.05) is 5.73 Å². The molecule has 94 valence electrons. The number of para-hydroxylation sites is 1. The fourth-order valence-electron chi connectivity index (χ4n) is 1.92. The minimum absolute atomic E-state index is 0.554. The fraction of sp³-hybridized carbons (Fsp3) is 0.0667. The van der Waals surface area contributed by atoms with Crippen molar-refractivity contribution < 1.29 is 0 Å². The second-order valence-electron chi connectivity index (χ2n) is 4.19. The lowest BCUT2D eigenvalue weighted by atomic mass is 10.1. The molecule has 0 amide bonds. The van der Waals surface area contributed by atoms with Gasteiger partial charge in [0.1, 0.15) is 5.82 Å². The summed E-state index contributed by atoms with van der Waals surface area (Å²) < 4.78 is 0. The van der Waals surface area contributed by atoms with Gasteiger partial charge in [0, 0.05) is 28.4 Å². The second-order valence-corrected chi connectivity index (χ2v) is 5.24. The summed E-state index contributed by atoms with van der Waals surface area (Å²) >= 11 is 1.75. The largest absolute Gasteiger partial charge is 0.384 e. The van der Waals surface area contributed by atoms with Crippen molar-refractivity contribution in [2.24, 2.45) is 0 Å². The highest BCUT2D eigenvalue weighted by molar-refractivity contribution is 7.98. The second kappa shape index (κ2) is 5.28. The van der Waals surface area contributed by atoms with Crippen molar-refractivity contribution in [1.82, 2.24) is 9.97 Å². The molecular formula is C15H13N3S. The summed E-state index contributed by atoms with van der Waals surface area (Å²) in [6.45, 7) is 0. The summed E-state index contributed by atoms with van der Waals surface area (Å²) in [6, 6.07) is 14.1. The molecule has 3 nitrogen and oxygen atoms in total. The number of rotatable bonds is 3. The zero-order valence-corrected chi connectivity index (χ0v) is 11.1. The summed E-state index contributed by atoms with van der Waals surface area (Å²) in [4.78, 5) is 9.59. The fourth-order valence-corrected chi connectivity index (χ4v) is 2.78. The SMILES string of the molecule is Nc1ccc(SCc2ccnc3ccccc23)cn1. The predicted molar refractivity (Wildman–Crippen MR) is 80.0 cm³/mol. The summed E-state index contributed by atoms with van der Waals surface area (Å²) in [5, 5.41) is 1.21. The van der Waals surface area contributed by atoms with Crippen LogP contribution in [0.5, 0.6) is 0 Å². The van der Waals surface area contributed by atoms with E-state index in [4.69, 9.17) is 5.73 Å². The van der Waals surface area contributed by atoms with E-state index in [1.165, 1.54) is 10.9 Å². The van der Waals surface area contributed by atoms with Crippen LogP contribution in [0.25, 0.3) is 10.9 Å². The number of hydrogen-bond acceptors (Lipinski definition) is 4. The van der Waals surface area contributed by atoms with E-state index in [1.54, 1.807) is 11.8 Å². The van der Waals surface area contributed by atoms with Crippen LogP contribution in [0.3, 0.4) is 0 Å². The molecular weight excluding hydrogens is 254 g/mol. The smallest absolute Gasteiger partial charge is 0.123 e. The lowest BCUT2D eigenvalue weighted by molar-refractivity contribution is 1.24. The number of hydrogen-bond donors (Lipinski definition) is 1. The Balaban J connectivity index is 1.84. The normalized spacial score (nSPS) is 10.7. The number of nitrogens with two attached hydrogens (primary N) is 1. The van der Waals surface area contributed by atoms with Gasteiger partial charge < -0.3 is 5.73 Å². The van der Waals surface area contributed by atoms with Crippen LogP contribution in [0.15, 0.2) is 59.8 Å². The van der Waals surface area contributed by atoms with Crippen LogP contribution in [-0.2, 0) is 5.75 Å². The average molecular weight is 267 g/mol. The first-order chi connectivity index (χ1) is 9.33. The van der Waals surface area contributed by atoms with Crippen LogP contribution in [-0.4, -0.2) is 9.97 Å². The van der Waals surface area contributed by atoms with E-state index >= 15 is 0 Å². The van der Waals surface area contributed by atoms with Gasteiger partial charge in [0.15, 0.2) is 0 Å². The number of pyridine rings is 2. The Hall–Kier alpha value is -2.07. The van der Waals surface area contributed by atoms with Crippen LogP contribution >= 0.6 is 11.8 Å². The third kappa shape index (κ3) is 2.69. The van der Waals surface area contributed by atoms with Crippen LogP contribution in [0.2, 0.25) is 0 Å². The van der Waals surface area contributed by atoms with E-state index < -0.39 is 0 Å². The number of thioether (sulfide) groups is 1. The average Bonchev–Trinajstić information content (AvgIpc) is 2.47. The van der Waals surface area contributed by atoms with Crippen molar-refractivity contribution in [3.05, 3.63) is 60.4 Å². The first-order valence-corrected chi connectivity index (χ1v) is 6.98. The van der Waals surface area contributed by atoms with Gasteiger partial charge >= 0.3 is 0 Å². The molecule has 0 unspecified atom stereocenters. The first-order valence-electron chi connectivity index (χ1n) is 6.00. The number of aromatic nitrogens is 2. The molecule has 2 aromatic heterocycles. The van der Waals surface area contributed by atoms with E-state index in [1.807, 2.05) is 42.7 Å². The summed E-state index contributed by atoms with van der Waals surface area (Å²) in [5.74, 6) is 1.45. The molecule has 0 aliphatic rings. The zero-order chi connectivity index (χ0) is 13.1. The van der Waals surface area contributed by atoms with Crippen molar-refractivity contribution in [3.8, 4) is 0 Å². The van der Waals surface area contributed by atoms with Crippen molar-refractivity contribution in [1.29, 1.82) is 0 Å². The molecule has 0 aliphatic heterocycles. The third-order valence-corrected chi connectivity index (χ3v) is 3.92. The highest BCUT2D eigenvalue weighted by Gasteiger charge is 2.02.